The fraction of sp³-hybridized carbons (Fsp3) is 0.543. The summed E-state index contributed by atoms with van der Waals surface area (Å²) in [5, 5.41) is 7.04. The molecular formula is C35H48ClN5O3S. The van der Waals surface area contributed by atoms with Crippen LogP contribution in [0.4, 0.5) is 0 Å². The van der Waals surface area contributed by atoms with E-state index in [1.54, 1.807) is 11.8 Å². The van der Waals surface area contributed by atoms with Gasteiger partial charge in [-0.1, -0.05) is 74.7 Å². The number of nitrogens with zero attached hydrogens (tertiary/aromatic N) is 2. The van der Waals surface area contributed by atoms with Crippen molar-refractivity contribution in [3.63, 3.8) is 0 Å². The van der Waals surface area contributed by atoms with Crippen molar-refractivity contribution >= 4 is 46.9 Å². The summed E-state index contributed by atoms with van der Waals surface area (Å²) in [6, 6.07) is 14.7. The molecule has 1 fully saturated rings. The number of carbonyl (C=O) groups is 3. The lowest BCUT2D eigenvalue weighted by Gasteiger charge is -2.34. The van der Waals surface area contributed by atoms with Gasteiger partial charge in [-0.25, -0.2) is 0 Å². The second-order valence-electron chi connectivity index (χ2n) is 12.7. The van der Waals surface area contributed by atoms with Crippen LogP contribution in [-0.2, 0) is 16.1 Å². The SMILES string of the molecule is CSCC[C@H](CC(=O)c1ccc(CN2CCN=C2N)cc1)C(=O)N[C@@H](CC(C)C)C(=O)NC1CCCC[C@H]1c1cccc(Cl)c1. The van der Waals surface area contributed by atoms with E-state index in [4.69, 9.17) is 17.3 Å². The lowest BCUT2D eigenvalue weighted by atomic mass is 9.80. The van der Waals surface area contributed by atoms with Gasteiger partial charge in [-0.15, -0.1) is 0 Å². The van der Waals surface area contributed by atoms with Gasteiger partial charge in [0.25, 0.3) is 0 Å². The first kappa shape index (κ1) is 34.8. The van der Waals surface area contributed by atoms with Crippen LogP contribution in [-0.4, -0.2) is 65.6 Å². The first-order chi connectivity index (χ1) is 21.6. The Bertz CT molecular complexity index is 1330. The minimum absolute atomic E-state index is 0.0256. The Hall–Kier alpha value is -3.04. The number of hydrogen-bond acceptors (Lipinski definition) is 7. The number of ketones is 1. The number of guanidine groups is 1. The standard InChI is InChI=1S/C35H48ClN5O3S/c1-23(2)19-31(34(44)39-30-10-5-4-9-29(30)26-7-6-8-28(36)20-26)40-33(43)27(15-18-45-3)21-32(42)25-13-11-24(12-14-25)22-41-17-16-38-35(41)37/h6-8,11-14,20,23,27,29-31H,4-5,9-10,15-19,21-22H2,1-3H3,(H2,37,38)(H,39,44)(H,40,43)/t27-,29+,30?,31+/m1/s1. The highest BCUT2D eigenvalue weighted by Crippen LogP contribution is 2.34. The summed E-state index contributed by atoms with van der Waals surface area (Å²) in [5.74, 6) is 0.649. The van der Waals surface area contributed by atoms with E-state index in [1.165, 1.54) is 0 Å². The maximum absolute atomic E-state index is 13.7. The summed E-state index contributed by atoms with van der Waals surface area (Å²) >= 11 is 7.94. The van der Waals surface area contributed by atoms with Gasteiger partial charge in [0, 0.05) is 48.0 Å². The molecule has 0 radical (unpaired) electrons. The van der Waals surface area contributed by atoms with E-state index in [0.29, 0.717) is 42.5 Å². The molecule has 2 aliphatic rings. The predicted molar refractivity (Wildman–Crippen MR) is 185 cm³/mol. The number of benzene rings is 2. The van der Waals surface area contributed by atoms with Crippen LogP contribution >= 0.6 is 23.4 Å². The molecule has 244 valence electrons. The molecule has 1 unspecified atom stereocenters. The molecule has 1 aliphatic heterocycles. The highest BCUT2D eigenvalue weighted by atomic mass is 35.5. The Morgan fingerprint density at radius 3 is 2.51 bits per heavy atom. The molecule has 0 bridgehead atoms. The third kappa shape index (κ3) is 10.2. The zero-order valence-corrected chi connectivity index (χ0v) is 28.3. The van der Waals surface area contributed by atoms with Gasteiger partial charge in [-0.05, 0) is 66.9 Å². The summed E-state index contributed by atoms with van der Waals surface area (Å²) in [7, 11) is 0. The summed E-state index contributed by atoms with van der Waals surface area (Å²) in [6.07, 6.45) is 7.16. The van der Waals surface area contributed by atoms with E-state index in [0.717, 1.165) is 49.1 Å². The van der Waals surface area contributed by atoms with E-state index in [9.17, 15) is 14.4 Å². The minimum Gasteiger partial charge on any atom is -0.370 e. The molecule has 4 N–H and O–H groups in total. The van der Waals surface area contributed by atoms with E-state index in [-0.39, 0.29) is 41.9 Å². The zero-order valence-electron chi connectivity index (χ0n) is 26.8. The van der Waals surface area contributed by atoms with Gasteiger partial charge in [-0.3, -0.25) is 19.4 Å². The average Bonchev–Trinajstić information content (AvgIpc) is 3.42. The van der Waals surface area contributed by atoms with Crippen molar-refractivity contribution in [2.75, 3.05) is 25.1 Å². The molecule has 1 saturated carbocycles. The van der Waals surface area contributed by atoms with Crippen LogP contribution in [0.2, 0.25) is 5.02 Å². The van der Waals surface area contributed by atoms with Crippen molar-refractivity contribution in [3.05, 3.63) is 70.2 Å². The van der Waals surface area contributed by atoms with Gasteiger partial charge >= 0.3 is 0 Å². The number of rotatable bonds is 15. The maximum Gasteiger partial charge on any atom is 0.242 e. The van der Waals surface area contributed by atoms with Crippen molar-refractivity contribution in [3.8, 4) is 0 Å². The number of Topliss-reactive ketones (excluding diaryl/α,β-unsaturated/α-hetero) is 1. The first-order valence-electron chi connectivity index (χ1n) is 16.2. The molecule has 0 spiro atoms. The van der Waals surface area contributed by atoms with Gasteiger partial charge in [0.2, 0.25) is 11.8 Å². The lowest BCUT2D eigenvalue weighted by Crippen LogP contribution is -2.53. The number of halogens is 1. The van der Waals surface area contributed by atoms with Crippen LogP contribution in [0.25, 0.3) is 0 Å². The predicted octanol–water partition coefficient (Wildman–Crippen LogP) is 5.79. The molecule has 0 saturated heterocycles. The topological polar surface area (TPSA) is 117 Å². The number of aliphatic imine (C=N–C) groups is 1. The molecule has 2 aromatic rings. The van der Waals surface area contributed by atoms with Crippen LogP contribution in [0.5, 0.6) is 0 Å². The summed E-state index contributed by atoms with van der Waals surface area (Å²) in [5.41, 5.74) is 8.69. The molecule has 4 rings (SSSR count). The lowest BCUT2D eigenvalue weighted by molar-refractivity contribution is -0.132. The fourth-order valence-corrected chi connectivity index (χ4v) is 7.04. The maximum atomic E-state index is 13.7. The quantitative estimate of drug-likeness (QED) is 0.210. The normalized spacial score (nSPS) is 19.6. The minimum atomic E-state index is -0.674. The van der Waals surface area contributed by atoms with Gasteiger partial charge in [0.05, 0.1) is 6.54 Å². The number of thioether (sulfide) groups is 1. The van der Waals surface area contributed by atoms with E-state index >= 15 is 0 Å². The van der Waals surface area contributed by atoms with Gasteiger partial charge in [-0.2, -0.15) is 11.8 Å². The smallest absolute Gasteiger partial charge is 0.242 e. The molecule has 10 heteroatoms. The molecule has 45 heavy (non-hydrogen) atoms. The third-order valence-corrected chi connectivity index (χ3v) is 9.68. The summed E-state index contributed by atoms with van der Waals surface area (Å²) in [6.45, 7) is 6.22. The van der Waals surface area contributed by atoms with Gasteiger partial charge in [0.15, 0.2) is 11.7 Å². The van der Waals surface area contributed by atoms with Crippen molar-refractivity contribution in [2.45, 2.75) is 83.3 Å². The highest BCUT2D eigenvalue weighted by Gasteiger charge is 2.32. The molecule has 8 nitrogen and oxygen atoms in total. The molecule has 1 heterocycles. The van der Waals surface area contributed by atoms with E-state index in [1.807, 2.05) is 67.5 Å². The molecule has 0 aromatic heterocycles. The fourth-order valence-electron chi connectivity index (χ4n) is 6.32. The molecule has 4 atom stereocenters. The van der Waals surface area contributed by atoms with Crippen molar-refractivity contribution < 1.29 is 14.4 Å². The monoisotopic (exact) mass is 653 g/mol. The van der Waals surface area contributed by atoms with Crippen LogP contribution in [0, 0.1) is 11.8 Å². The number of amides is 2. The summed E-state index contributed by atoms with van der Waals surface area (Å²) < 4.78 is 0. The first-order valence-corrected chi connectivity index (χ1v) is 17.9. The van der Waals surface area contributed by atoms with Gasteiger partial charge < -0.3 is 21.3 Å². The molecule has 2 amide bonds. The largest absolute Gasteiger partial charge is 0.370 e. The van der Waals surface area contributed by atoms with Crippen LogP contribution in [0.15, 0.2) is 53.5 Å². The Labute approximate surface area is 277 Å². The second-order valence-corrected chi connectivity index (χ2v) is 14.1. The van der Waals surface area contributed by atoms with Crippen LogP contribution < -0.4 is 16.4 Å². The Morgan fingerprint density at radius 2 is 1.84 bits per heavy atom. The average molecular weight is 654 g/mol. The van der Waals surface area contributed by atoms with E-state index < -0.39 is 12.0 Å². The van der Waals surface area contributed by atoms with Crippen LogP contribution in [0.3, 0.4) is 0 Å². The van der Waals surface area contributed by atoms with Crippen molar-refractivity contribution in [1.29, 1.82) is 0 Å². The molecule has 2 aromatic carbocycles. The van der Waals surface area contributed by atoms with E-state index in [2.05, 4.69) is 21.7 Å². The Kier molecular flexibility index (Phi) is 13.2. The zero-order chi connectivity index (χ0) is 32.3. The number of carbonyl (C=O) groups excluding carboxylic acids is 3. The van der Waals surface area contributed by atoms with Gasteiger partial charge in [0.1, 0.15) is 6.04 Å². The number of nitrogens with two attached hydrogens (primary N) is 1. The summed E-state index contributed by atoms with van der Waals surface area (Å²) in [4.78, 5) is 47.0. The molecule has 1 aliphatic carbocycles. The second kappa shape index (κ2) is 17.0. The Morgan fingerprint density at radius 1 is 1.09 bits per heavy atom. The van der Waals surface area contributed by atoms with Crippen LogP contribution in [0.1, 0.15) is 86.2 Å². The van der Waals surface area contributed by atoms with Crippen molar-refractivity contribution in [2.24, 2.45) is 22.6 Å². The number of hydrogen-bond donors (Lipinski definition) is 3. The number of nitrogens with one attached hydrogen (secondary N) is 2. The third-order valence-electron chi connectivity index (χ3n) is 8.80. The Balaban J connectivity index is 1.41. The molecular weight excluding hydrogens is 606 g/mol. The van der Waals surface area contributed by atoms with Crippen molar-refractivity contribution in [1.82, 2.24) is 15.5 Å². The highest BCUT2D eigenvalue weighted by molar-refractivity contribution is 7.98.